The number of hydrogen-bond acceptors (Lipinski definition) is 4. The van der Waals surface area contributed by atoms with Crippen molar-refractivity contribution >= 4 is 11.9 Å². The van der Waals surface area contributed by atoms with Gasteiger partial charge in [0.2, 0.25) is 5.91 Å². The van der Waals surface area contributed by atoms with E-state index in [1.165, 1.54) is 13.5 Å². The van der Waals surface area contributed by atoms with E-state index in [-0.39, 0.29) is 5.91 Å². The average molecular weight is 279 g/mol. The van der Waals surface area contributed by atoms with Crippen molar-refractivity contribution in [1.82, 2.24) is 5.32 Å². The van der Waals surface area contributed by atoms with Gasteiger partial charge in [-0.05, 0) is 31.4 Å². The summed E-state index contributed by atoms with van der Waals surface area (Å²) < 4.78 is 10.3. The second-order valence-corrected chi connectivity index (χ2v) is 5.44. The molecule has 3 unspecified atom stereocenters. The van der Waals surface area contributed by atoms with Crippen LogP contribution in [-0.2, 0) is 20.7 Å². The second-order valence-electron chi connectivity index (χ2n) is 5.44. The topological polar surface area (TPSA) is 68.5 Å². The quantitative estimate of drug-likeness (QED) is 0.809. The van der Waals surface area contributed by atoms with Gasteiger partial charge in [-0.15, -0.1) is 0 Å². The third-order valence-corrected chi connectivity index (χ3v) is 3.69. The molecule has 0 bridgehead atoms. The van der Waals surface area contributed by atoms with E-state index in [9.17, 15) is 9.59 Å². The summed E-state index contributed by atoms with van der Waals surface area (Å²) >= 11 is 0. The Bertz CT molecular complexity index is 494. The van der Waals surface area contributed by atoms with Crippen LogP contribution in [0.25, 0.3) is 0 Å². The summed E-state index contributed by atoms with van der Waals surface area (Å²) in [6.07, 6.45) is 2.03. The van der Waals surface area contributed by atoms with Crippen LogP contribution in [0.5, 0.6) is 0 Å². The molecular formula is C15H21NO4. The maximum absolute atomic E-state index is 11.7. The summed E-state index contributed by atoms with van der Waals surface area (Å²) in [4.78, 5) is 22.9. The van der Waals surface area contributed by atoms with Crippen molar-refractivity contribution in [2.75, 3.05) is 7.11 Å². The number of amides is 1. The highest BCUT2D eigenvalue weighted by atomic mass is 16.5. The molecule has 1 aromatic rings. The molecule has 1 heterocycles. The average Bonchev–Trinajstić information content (AvgIpc) is 2.98. The molecule has 1 amide bonds. The Kier molecular flexibility index (Phi) is 4.47. The molecule has 1 fully saturated rings. The van der Waals surface area contributed by atoms with Gasteiger partial charge in [-0.1, -0.05) is 6.92 Å². The lowest BCUT2D eigenvalue weighted by atomic mass is 10.2. The molecule has 1 aromatic heterocycles. The monoisotopic (exact) mass is 279 g/mol. The molecule has 1 aliphatic rings. The number of carbonyl (C=O) groups excluding carboxylic acids is 2. The minimum atomic E-state index is -0.619. The summed E-state index contributed by atoms with van der Waals surface area (Å²) in [5.41, 5.74) is 0. The van der Waals surface area contributed by atoms with Gasteiger partial charge < -0.3 is 14.5 Å². The molecule has 20 heavy (non-hydrogen) atoms. The van der Waals surface area contributed by atoms with Gasteiger partial charge in [0.05, 0.1) is 7.11 Å². The molecule has 1 aliphatic carbocycles. The molecule has 3 atom stereocenters. The first-order valence-corrected chi connectivity index (χ1v) is 6.97. The number of hydrogen-bond donors (Lipinski definition) is 1. The smallest absolute Gasteiger partial charge is 0.328 e. The highest BCUT2D eigenvalue weighted by Gasteiger charge is 2.36. The Morgan fingerprint density at radius 3 is 2.80 bits per heavy atom. The van der Waals surface area contributed by atoms with Gasteiger partial charge in [-0.25, -0.2) is 4.79 Å². The van der Waals surface area contributed by atoms with E-state index < -0.39 is 12.0 Å². The van der Waals surface area contributed by atoms with Crippen LogP contribution in [0.2, 0.25) is 0 Å². The van der Waals surface area contributed by atoms with Crippen LogP contribution in [0.3, 0.4) is 0 Å². The molecule has 5 nitrogen and oxygen atoms in total. The lowest BCUT2D eigenvalue weighted by Crippen LogP contribution is -2.39. The number of aryl methyl sites for hydroxylation is 1. The first-order chi connectivity index (χ1) is 9.51. The van der Waals surface area contributed by atoms with Crippen LogP contribution < -0.4 is 5.32 Å². The van der Waals surface area contributed by atoms with Gasteiger partial charge in [0.1, 0.15) is 17.6 Å². The molecule has 0 aliphatic heterocycles. The van der Waals surface area contributed by atoms with E-state index in [0.717, 1.165) is 11.5 Å². The summed E-state index contributed by atoms with van der Waals surface area (Å²) in [5.74, 6) is 2.48. The van der Waals surface area contributed by atoms with Crippen LogP contribution in [0, 0.1) is 5.92 Å². The Morgan fingerprint density at radius 1 is 1.50 bits per heavy atom. The Hall–Kier alpha value is -1.78. The van der Waals surface area contributed by atoms with Crippen molar-refractivity contribution < 1.29 is 18.7 Å². The zero-order valence-corrected chi connectivity index (χ0v) is 12.1. The fourth-order valence-electron chi connectivity index (χ4n) is 2.23. The third-order valence-electron chi connectivity index (χ3n) is 3.69. The summed E-state index contributed by atoms with van der Waals surface area (Å²) in [7, 11) is 1.30. The van der Waals surface area contributed by atoms with E-state index in [1.807, 2.05) is 12.1 Å². The van der Waals surface area contributed by atoms with Gasteiger partial charge in [0.15, 0.2) is 0 Å². The summed E-state index contributed by atoms with van der Waals surface area (Å²) in [5, 5.41) is 2.59. The zero-order valence-electron chi connectivity index (χ0n) is 12.1. The highest BCUT2D eigenvalue weighted by molar-refractivity contribution is 5.84. The molecule has 0 saturated heterocycles. The standard InChI is InChI=1S/C15H21NO4/c1-9-8-12(9)13-6-4-11(20-13)5-7-14(17)16-10(2)15(18)19-3/h4,6,9-10,12H,5,7-8H2,1-3H3,(H,16,17). The number of esters is 1. The lowest BCUT2D eigenvalue weighted by Gasteiger charge is -2.10. The maximum atomic E-state index is 11.7. The van der Waals surface area contributed by atoms with Crippen LogP contribution in [0.15, 0.2) is 16.5 Å². The molecule has 0 spiro atoms. The van der Waals surface area contributed by atoms with Crippen LogP contribution in [0.4, 0.5) is 0 Å². The SMILES string of the molecule is COC(=O)C(C)NC(=O)CCc1ccc(C2CC2C)o1. The van der Waals surface area contributed by atoms with Crippen molar-refractivity contribution in [2.24, 2.45) is 5.92 Å². The summed E-state index contributed by atoms with van der Waals surface area (Å²) in [6.45, 7) is 3.80. The minimum Gasteiger partial charge on any atom is -0.467 e. The van der Waals surface area contributed by atoms with E-state index in [2.05, 4.69) is 17.0 Å². The number of rotatable bonds is 6. The van der Waals surface area contributed by atoms with Gasteiger partial charge in [-0.2, -0.15) is 0 Å². The third kappa shape index (κ3) is 3.62. The van der Waals surface area contributed by atoms with Gasteiger partial charge in [-0.3, -0.25) is 4.79 Å². The number of ether oxygens (including phenoxy) is 1. The fourth-order valence-corrected chi connectivity index (χ4v) is 2.23. The normalized spacial score (nSPS) is 22.1. The van der Waals surface area contributed by atoms with Crippen molar-refractivity contribution in [3.63, 3.8) is 0 Å². The molecule has 0 radical (unpaired) electrons. The molecule has 5 heteroatoms. The van der Waals surface area contributed by atoms with E-state index in [0.29, 0.717) is 24.7 Å². The van der Waals surface area contributed by atoms with Crippen molar-refractivity contribution in [1.29, 1.82) is 0 Å². The lowest BCUT2D eigenvalue weighted by molar-refractivity contribution is -0.144. The second kappa shape index (κ2) is 6.11. The predicted octanol–water partition coefficient (Wildman–Crippen LogP) is 2.01. The largest absolute Gasteiger partial charge is 0.467 e. The van der Waals surface area contributed by atoms with E-state index >= 15 is 0 Å². The number of furan rings is 1. The Labute approximate surface area is 118 Å². The van der Waals surface area contributed by atoms with Gasteiger partial charge >= 0.3 is 5.97 Å². The van der Waals surface area contributed by atoms with Crippen molar-refractivity contribution in [2.45, 2.75) is 45.1 Å². The first kappa shape index (κ1) is 14.6. The number of methoxy groups -OCH3 is 1. The van der Waals surface area contributed by atoms with E-state index in [1.54, 1.807) is 6.92 Å². The highest BCUT2D eigenvalue weighted by Crippen LogP contribution is 2.47. The van der Waals surface area contributed by atoms with Crippen molar-refractivity contribution in [3.05, 3.63) is 23.7 Å². The molecule has 2 rings (SSSR count). The molecule has 1 N–H and O–H groups in total. The molecule has 0 aromatic carbocycles. The van der Waals surface area contributed by atoms with Crippen LogP contribution in [-0.4, -0.2) is 25.0 Å². The van der Waals surface area contributed by atoms with Crippen molar-refractivity contribution in [3.8, 4) is 0 Å². The molecule has 1 saturated carbocycles. The molecule has 110 valence electrons. The Morgan fingerprint density at radius 2 is 2.20 bits per heavy atom. The molecular weight excluding hydrogens is 258 g/mol. The zero-order chi connectivity index (χ0) is 14.7. The van der Waals surface area contributed by atoms with E-state index in [4.69, 9.17) is 4.42 Å². The van der Waals surface area contributed by atoms with Gasteiger partial charge in [0.25, 0.3) is 0 Å². The maximum Gasteiger partial charge on any atom is 0.328 e. The Balaban J connectivity index is 1.75. The first-order valence-electron chi connectivity index (χ1n) is 6.97. The van der Waals surface area contributed by atoms with Gasteiger partial charge in [0, 0.05) is 18.8 Å². The minimum absolute atomic E-state index is 0.180. The summed E-state index contributed by atoms with van der Waals surface area (Å²) in [6, 6.07) is 3.31. The van der Waals surface area contributed by atoms with Crippen LogP contribution >= 0.6 is 0 Å². The van der Waals surface area contributed by atoms with Crippen LogP contribution in [0.1, 0.15) is 44.1 Å². The fraction of sp³-hybridized carbons (Fsp3) is 0.600. The number of nitrogens with one attached hydrogen (secondary N) is 1. The predicted molar refractivity (Wildman–Crippen MR) is 73.2 cm³/mol. The number of carbonyl (C=O) groups is 2.